The number of likely N-dealkylation sites (tertiary alicyclic amines) is 2. The second-order valence-electron chi connectivity index (χ2n) is 9.21. The summed E-state index contributed by atoms with van der Waals surface area (Å²) >= 11 is 0. The van der Waals surface area contributed by atoms with Crippen molar-refractivity contribution in [3.05, 3.63) is 66.0 Å². The van der Waals surface area contributed by atoms with Gasteiger partial charge < -0.3 is 10.2 Å². The van der Waals surface area contributed by atoms with E-state index in [2.05, 4.69) is 27.3 Å². The minimum Gasteiger partial charge on any atom is -0.335 e. The van der Waals surface area contributed by atoms with Crippen LogP contribution in [0.1, 0.15) is 41.7 Å². The molecule has 2 aromatic rings. The van der Waals surface area contributed by atoms with Crippen LogP contribution in [0.5, 0.6) is 0 Å². The lowest BCUT2D eigenvalue weighted by atomic mass is 9.87. The van der Waals surface area contributed by atoms with E-state index < -0.39 is 5.54 Å². The van der Waals surface area contributed by atoms with Crippen LogP contribution in [0.25, 0.3) is 0 Å². The average molecular weight is 448 g/mol. The summed E-state index contributed by atoms with van der Waals surface area (Å²) in [5.41, 5.74) is 0.812. The van der Waals surface area contributed by atoms with Crippen molar-refractivity contribution in [1.29, 1.82) is 0 Å². The molecule has 3 aliphatic rings. The van der Waals surface area contributed by atoms with Gasteiger partial charge in [0.1, 0.15) is 11.2 Å². The lowest BCUT2D eigenvalue weighted by Gasteiger charge is -2.39. The maximum atomic E-state index is 13.5. The van der Waals surface area contributed by atoms with Gasteiger partial charge in [-0.1, -0.05) is 36.4 Å². The zero-order valence-electron chi connectivity index (χ0n) is 18.7. The Morgan fingerprint density at radius 2 is 1.79 bits per heavy atom. The molecule has 8 heteroatoms. The van der Waals surface area contributed by atoms with Crippen LogP contribution in [0.4, 0.5) is 4.79 Å². The van der Waals surface area contributed by atoms with Crippen molar-refractivity contribution >= 4 is 17.8 Å². The number of piperidine rings is 2. The van der Waals surface area contributed by atoms with Gasteiger partial charge >= 0.3 is 6.03 Å². The predicted molar refractivity (Wildman–Crippen MR) is 122 cm³/mol. The van der Waals surface area contributed by atoms with Crippen molar-refractivity contribution in [2.24, 2.45) is 0 Å². The molecular formula is C25H29N5O3. The van der Waals surface area contributed by atoms with E-state index in [1.807, 2.05) is 18.2 Å². The Labute approximate surface area is 193 Å². The first-order chi connectivity index (χ1) is 16.1. The fourth-order valence-electron chi connectivity index (χ4n) is 5.25. The molecular weight excluding hydrogens is 418 g/mol. The van der Waals surface area contributed by atoms with E-state index in [1.165, 1.54) is 10.5 Å². The van der Waals surface area contributed by atoms with Crippen LogP contribution in [0.2, 0.25) is 0 Å². The first-order valence-electron chi connectivity index (χ1n) is 11.7. The third-order valence-corrected chi connectivity index (χ3v) is 7.08. The van der Waals surface area contributed by atoms with Gasteiger partial charge in [-0.05, 0) is 43.4 Å². The number of hydrogen-bond donors (Lipinski definition) is 1. The van der Waals surface area contributed by atoms with Gasteiger partial charge in [0, 0.05) is 38.9 Å². The van der Waals surface area contributed by atoms with Crippen molar-refractivity contribution in [1.82, 2.24) is 25.0 Å². The van der Waals surface area contributed by atoms with Crippen molar-refractivity contribution < 1.29 is 14.4 Å². The minimum atomic E-state index is -0.822. The van der Waals surface area contributed by atoms with Crippen molar-refractivity contribution in [2.75, 3.05) is 26.2 Å². The number of urea groups is 1. The number of aromatic nitrogens is 1. The van der Waals surface area contributed by atoms with Gasteiger partial charge in [-0.25, -0.2) is 4.79 Å². The van der Waals surface area contributed by atoms with E-state index in [4.69, 9.17) is 0 Å². The van der Waals surface area contributed by atoms with Crippen molar-refractivity contribution in [2.45, 2.75) is 43.8 Å². The SMILES string of the molecule is O=C(c1ccccn1)N1CCC[C@@H](N2C(=O)NC3(CCN(Cc4ccccc4)CC3)C2=O)C1. The Kier molecular flexibility index (Phi) is 5.85. The fraction of sp³-hybridized carbons (Fsp3) is 0.440. The summed E-state index contributed by atoms with van der Waals surface area (Å²) < 4.78 is 0. The molecule has 0 aliphatic carbocycles. The normalized spacial score (nSPS) is 23.1. The summed E-state index contributed by atoms with van der Waals surface area (Å²) in [5, 5.41) is 3.02. The molecule has 172 valence electrons. The van der Waals surface area contributed by atoms with Gasteiger partial charge in [-0.15, -0.1) is 0 Å². The quantitative estimate of drug-likeness (QED) is 0.727. The molecule has 3 fully saturated rings. The van der Waals surface area contributed by atoms with Gasteiger partial charge in [0.2, 0.25) is 0 Å². The molecule has 0 bridgehead atoms. The van der Waals surface area contributed by atoms with Crippen LogP contribution < -0.4 is 5.32 Å². The third kappa shape index (κ3) is 4.23. The molecule has 3 aliphatic heterocycles. The van der Waals surface area contributed by atoms with Gasteiger partial charge in [0.25, 0.3) is 11.8 Å². The fourth-order valence-corrected chi connectivity index (χ4v) is 5.25. The van der Waals surface area contributed by atoms with Crippen LogP contribution in [-0.4, -0.2) is 75.3 Å². The summed E-state index contributed by atoms with van der Waals surface area (Å²) in [7, 11) is 0. The predicted octanol–water partition coefficient (Wildman–Crippen LogP) is 2.27. The topological polar surface area (TPSA) is 85.8 Å². The largest absolute Gasteiger partial charge is 0.335 e. The Morgan fingerprint density at radius 3 is 2.52 bits per heavy atom. The highest BCUT2D eigenvalue weighted by Gasteiger charge is 2.54. The molecule has 3 saturated heterocycles. The molecule has 5 rings (SSSR count). The molecule has 0 radical (unpaired) electrons. The Balaban J connectivity index is 1.24. The standard InChI is InChI=1S/C25H29N5O3/c31-22(21-10-4-5-13-26-21)29-14-6-9-20(18-29)30-23(32)25(27-24(30)33)11-15-28(16-12-25)17-19-7-2-1-3-8-19/h1-5,7-8,10,13,20H,6,9,11-12,14-18H2,(H,27,33)/t20-/m1/s1. The van der Waals surface area contributed by atoms with Crippen LogP contribution in [-0.2, 0) is 11.3 Å². The third-order valence-electron chi connectivity index (χ3n) is 7.08. The van der Waals surface area contributed by atoms with E-state index in [0.717, 1.165) is 26.1 Å². The van der Waals surface area contributed by atoms with E-state index in [0.29, 0.717) is 38.0 Å². The van der Waals surface area contributed by atoms with E-state index in [1.54, 1.807) is 29.3 Å². The molecule has 0 saturated carbocycles. The number of nitrogens with zero attached hydrogens (tertiary/aromatic N) is 4. The summed E-state index contributed by atoms with van der Waals surface area (Å²) in [6.45, 7) is 3.31. The maximum Gasteiger partial charge on any atom is 0.325 e. The Hall–Kier alpha value is -3.26. The molecule has 33 heavy (non-hydrogen) atoms. The number of hydrogen-bond acceptors (Lipinski definition) is 5. The molecule has 1 aromatic heterocycles. The highest BCUT2D eigenvalue weighted by Crippen LogP contribution is 2.33. The number of rotatable bonds is 4. The summed E-state index contributed by atoms with van der Waals surface area (Å²) in [6, 6.07) is 14.9. The molecule has 4 amide bonds. The summed E-state index contributed by atoms with van der Waals surface area (Å²) in [5.74, 6) is -0.291. The average Bonchev–Trinajstić information content (AvgIpc) is 3.10. The first-order valence-corrected chi connectivity index (χ1v) is 11.7. The molecule has 4 heterocycles. The number of imide groups is 1. The van der Waals surface area contributed by atoms with Crippen molar-refractivity contribution in [3.8, 4) is 0 Å². The molecule has 1 aromatic carbocycles. The van der Waals surface area contributed by atoms with E-state index in [-0.39, 0.29) is 23.9 Å². The minimum absolute atomic E-state index is 0.135. The van der Waals surface area contributed by atoms with E-state index in [9.17, 15) is 14.4 Å². The van der Waals surface area contributed by atoms with Gasteiger partial charge in [-0.2, -0.15) is 0 Å². The molecule has 1 atom stereocenters. The van der Waals surface area contributed by atoms with Gasteiger partial charge in [-0.3, -0.25) is 24.4 Å². The van der Waals surface area contributed by atoms with Crippen LogP contribution in [0, 0.1) is 0 Å². The van der Waals surface area contributed by atoms with Crippen LogP contribution in [0.3, 0.4) is 0 Å². The zero-order chi connectivity index (χ0) is 22.8. The Bertz CT molecular complexity index is 1020. The number of carbonyl (C=O) groups is 3. The monoisotopic (exact) mass is 447 g/mol. The summed E-state index contributed by atoms with van der Waals surface area (Å²) in [6.07, 6.45) is 4.26. The van der Waals surface area contributed by atoms with Crippen LogP contribution >= 0.6 is 0 Å². The Morgan fingerprint density at radius 1 is 1.03 bits per heavy atom. The number of amides is 4. The number of nitrogens with one attached hydrogen (secondary N) is 1. The smallest absolute Gasteiger partial charge is 0.325 e. The number of benzene rings is 1. The summed E-state index contributed by atoms with van der Waals surface area (Å²) in [4.78, 5) is 48.9. The van der Waals surface area contributed by atoms with Gasteiger partial charge in [0.05, 0.1) is 6.04 Å². The van der Waals surface area contributed by atoms with E-state index >= 15 is 0 Å². The molecule has 0 unspecified atom stereocenters. The molecule has 1 N–H and O–H groups in total. The molecule has 8 nitrogen and oxygen atoms in total. The highest BCUT2D eigenvalue weighted by molar-refractivity contribution is 6.07. The lowest BCUT2D eigenvalue weighted by Crippen LogP contribution is -2.56. The second kappa shape index (κ2) is 8.94. The number of carbonyl (C=O) groups excluding carboxylic acids is 3. The van der Waals surface area contributed by atoms with Crippen molar-refractivity contribution in [3.63, 3.8) is 0 Å². The van der Waals surface area contributed by atoms with Gasteiger partial charge in [0.15, 0.2) is 0 Å². The maximum absolute atomic E-state index is 13.5. The second-order valence-corrected chi connectivity index (χ2v) is 9.21. The first kappa shape index (κ1) is 21.6. The number of pyridine rings is 1. The molecule has 1 spiro atoms. The lowest BCUT2D eigenvalue weighted by molar-refractivity contribution is -0.135. The highest BCUT2D eigenvalue weighted by atomic mass is 16.2. The van der Waals surface area contributed by atoms with Crippen LogP contribution in [0.15, 0.2) is 54.7 Å². The zero-order valence-corrected chi connectivity index (χ0v) is 18.7.